The molecule has 2 aliphatic rings. The molecule has 3 unspecified atom stereocenters. The minimum atomic E-state index is -2.71. The molecule has 2 fully saturated rings. The Bertz CT molecular complexity index is 1100. The number of aliphatic hydroxyl groups excluding tert-OH is 1. The molecule has 1 aliphatic heterocycles. The van der Waals surface area contributed by atoms with Gasteiger partial charge in [-0.3, -0.25) is 19.6 Å². The van der Waals surface area contributed by atoms with Crippen molar-refractivity contribution in [3.05, 3.63) is 47.3 Å². The number of halogens is 2. The summed E-state index contributed by atoms with van der Waals surface area (Å²) < 4.78 is 27.4. The number of carbonyl (C=O) groups excluding carboxylic acids is 2. The Hall–Kier alpha value is -2.85. The van der Waals surface area contributed by atoms with Gasteiger partial charge >= 0.3 is 0 Å². The molecule has 2 aromatic rings. The van der Waals surface area contributed by atoms with E-state index in [0.29, 0.717) is 16.9 Å². The SMILES string of the molecule is Cc1[nH]ncc1C(C(=O)NC1CCC(F)(F)CC1)N(C(=O)C1CC(O)CN1)c1ccc(C(C)(C)C)cc1. The third-order valence-corrected chi connectivity index (χ3v) is 7.39. The first-order valence-corrected chi connectivity index (χ1v) is 12.9. The number of amides is 2. The average molecular weight is 518 g/mol. The number of carbonyl (C=O) groups is 2. The fourth-order valence-electron chi connectivity index (χ4n) is 5.10. The van der Waals surface area contributed by atoms with Gasteiger partial charge in [0.05, 0.1) is 18.3 Å². The number of anilines is 1. The standard InChI is InChI=1S/C27H37F2N5O3/c1-16-21(15-31-33-16)23(24(36)32-18-9-11-27(28,29)12-10-18)34(25(37)22-13-20(35)14-30-22)19-7-5-17(6-8-19)26(2,3)4/h5-8,15,18,20,22-23,30,35H,9-14H2,1-4H3,(H,31,33)(H,32,36). The predicted molar refractivity (Wildman–Crippen MR) is 136 cm³/mol. The topological polar surface area (TPSA) is 110 Å². The number of hydrogen-bond acceptors (Lipinski definition) is 5. The van der Waals surface area contributed by atoms with Crippen LogP contribution in [0.2, 0.25) is 0 Å². The van der Waals surface area contributed by atoms with E-state index in [-0.39, 0.29) is 50.0 Å². The van der Waals surface area contributed by atoms with Gasteiger partial charge in [-0.2, -0.15) is 5.10 Å². The molecule has 1 aliphatic carbocycles. The number of nitrogens with zero attached hydrogens (tertiary/aromatic N) is 2. The highest BCUT2D eigenvalue weighted by molar-refractivity contribution is 6.04. The predicted octanol–water partition coefficient (Wildman–Crippen LogP) is 3.51. The maximum Gasteiger partial charge on any atom is 0.248 e. The molecule has 37 heavy (non-hydrogen) atoms. The summed E-state index contributed by atoms with van der Waals surface area (Å²) >= 11 is 0. The number of alkyl halides is 2. The monoisotopic (exact) mass is 517 g/mol. The zero-order chi connectivity index (χ0) is 27.0. The van der Waals surface area contributed by atoms with Crippen LogP contribution in [0.5, 0.6) is 0 Å². The molecule has 8 nitrogen and oxygen atoms in total. The van der Waals surface area contributed by atoms with Crippen molar-refractivity contribution in [1.29, 1.82) is 0 Å². The summed E-state index contributed by atoms with van der Waals surface area (Å²) in [5.41, 5.74) is 2.63. The fraction of sp³-hybridized carbons (Fsp3) is 0.593. The second kappa shape index (κ2) is 10.5. The molecule has 4 N–H and O–H groups in total. The van der Waals surface area contributed by atoms with E-state index in [2.05, 4.69) is 41.6 Å². The Kier molecular flexibility index (Phi) is 7.71. The molecule has 10 heteroatoms. The zero-order valence-electron chi connectivity index (χ0n) is 21.9. The van der Waals surface area contributed by atoms with E-state index in [1.54, 1.807) is 6.92 Å². The van der Waals surface area contributed by atoms with Crippen LogP contribution in [0.4, 0.5) is 14.5 Å². The molecule has 0 spiro atoms. The molecule has 2 heterocycles. The summed E-state index contributed by atoms with van der Waals surface area (Å²) in [6.45, 7) is 8.33. The summed E-state index contributed by atoms with van der Waals surface area (Å²) in [5.74, 6) is -3.52. The zero-order valence-corrected chi connectivity index (χ0v) is 21.9. The number of aromatic amines is 1. The highest BCUT2D eigenvalue weighted by atomic mass is 19.3. The van der Waals surface area contributed by atoms with Crippen LogP contribution in [0.15, 0.2) is 30.5 Å². The first-order chi connectivity index (χ1) is 17.4. The number of hydrogen-bond donors (Lipinski definition) is 4. The fourth-order valence-corrected chi connectivity index (χ4v) is 5.10. The highest BCUT2D eigenvalue weighted by Crippen LogP contribution is 2.35. The molecule has 1 saturated carbocycles. The van der Waals surface area contributed by atoms with Gasteiger partial charge in [0.25, 0.3) is 0 Å². The molecule has 1 aromatic carbocycles. The third-order valence-electron chi connectivity index (χ3n) is 7.39. The van der Waals surface area contributed by atoms with Gasteiger partial charge in [-0.25, -0.2) is 8.78 Å². The Labute approximate surface area is 216 Å². The van der Waals surface area contributed by atoms with Gasteiger partial charge in [0.15, 0.2) is 0 Å². The second-order valence-electron chi connectivity index (χ2n) is 11.3. The highest BCUT2D eigenvalue weighted by Gasteiger charge is 2.41. The second-order valence-corrected chi connectivity index (χ2v) is 11.3. The largest absolute Gasteiger partial charge is 0.392 e. The number of nitrogens with one attached hydrogen (secondary N) is 3. The lowest BCUT2D eigenvalue weighted by Gasteiger charge is -2.35. The van der Waals surface area contributed by atoms with E-state index in [0.717, 1.165) is 5.56 Å². The van der Waals surface area contributed by atoms with Crippen molar-refractivity contribution < 1.29 is 23.5 Å². The number of aryl methyl sites for hydroxylation is 1. The van der Waals surface area contributed by atoms with E-state index in [1.165, 1.54) is 11.1 Å². The number of aliphatic hydroxyl groups is 1. The molecule has 4 rings (SSSR count). The van der Waals surface area contributed by atoms with Gasteiger partial charge in [0, 0.05) is 42.4 Å². The Balaban J connectivity index is 1.72. The van der Waals surface area contributed by atoms with Gasteiger partial charge < -0.3 is 15.7 Å². The lowest BCUT2D eigenvalue weighted by Crippen LogP contribution is -2.52. The Morgan fingerprint density at radius 2 is 1.84 bits per heavy atom. The molecular weight excluding hydrogens is 480 g/mol. The van der Waals surface area contributed by atoms with Gasteiger partial charge in [-0.05, 0) is 49.3 Å². The Morgan fingerprint density at radius 1 is 1.19 bits per heavy atom. The Morgan fingerprint density at radius 3 is 2.35 bits per heavy atom. The van der Waals surface area contributed by atoms with Gasteiger partial charge in [0.2, 0.25) is 17.7 Å². The third kappa shape index (κ3) is 6.18. The van der Waals surface area contributed by atoms with E-state index < -0.39 is 36.1 Å². The minimum Gasteiger partial charge on any atom is -0.392 e. The van der Waals surface area contributed by atoms with Crippen LogP contribution in [-0.2, 0) is 15.0 Å². The molecule has 0 bridgehead atoms. The molecule has 3 atom stereocenters. The lowest BCUT2D eigenvalue weighted by atomic mass is 9.87. The summed E-state index contributed by atoms with van der Waals surface area (Å²) in [5, 5.41) is 23.0. The lowest BCUT2D eigenvalue weighted by molar-refractivity contribution is -0.128. The van der Waals surface area contributed by atoms with E-state index in [1.807, 2.05) is 24.3 Å². The maximum atomic E-state index is 13.9. The number of aromatic nitrogens is 2. The first kappa shape index (κ1) is 27.2. The minimum absolute atomic E-state index is 0.106. The van der Waals surface area contributed by atoms with Crippen molar-refractivity contribution >= 4 is 17.5 Å². The smallest absolute Gasteiger partial charge is 0.248 e. The average Bonchev–Trinajstić information content (AvgIpc) is 3.46. The van der Waals surface area contributed by atoms with Crippen molar-refractivity contribution in [2.24, 2.45) is 0 Å². The van der Waals surface area contributed by atoms with E-state index in [9.17, 15) is 23.5 Å². The summed E-state index contributed by atoms with van der Waals surface area (Å²) in [4.78, 5) is 29.2. The van der Waals surface area contributed by atoms with Gasteiger partial charge in [0.1, 0.15) is 6.04 Å². The van der Waals surface area contributed by atoms with Crippen LogP contribution in [0.3, 0.4) is 0 Å². The summed E-state index contributed by atoms with van der Waals surface area (Å²) in [6, 6.07) is 5.36. The first-order valence-electron chi connectivity index (χ1n) is 12.9. The van der Waals surface area contributed by atoms with Gasteiger partial charge in [-0.15, -0.1) is 0 Å². The number of benzene rings is 1. The van der Waals surface area contributed by atoms with Crippen molar-refractivity contribution in [1.82, 2.24) is 20.8 Å². The molecule has 202 valence electrons. The van der Waals surface area contributed by atoms with Crippen LogP contribution in [-0.4, -0.2) is 57.8 Å². The van der Waals surface area contributed by atoms with E-state index >= 15 is 0 Å². The number of β-amino-alcohol motifs (C(OH)–C–C–N with tert-alkyl or cyclic N) is 1. The van der Waals surface area contributed by atoms with Crippen LogP contribution >= 0.6 is 0 Å². The van der Waals surface area contributed by atoms with Gasteiger partial charge in [-0.1, -0.05) is 32.9 Å². The molecule has 1 aromatic heterocycles. The van der Waals surface area contributed by atoms with Crippen LogP contribution in [0.1, 0.15) is 75.7 Å². The van der Waals surface area contributed by atoms with Crippen molar-refractivity contribution in [2.45, 2.75) is 95.4 Å². The van der Waals surface area contributed by atoms with Crippen LogP contribution in [0, 0.1) is 6.92 Å². The summed E-state index contributed by atoms with van der Waals surface area (Å²) in [6.07, 6.45) is 0.857. The van der Waals surface area contributed by atoms with Crippen molar-refractivity contribution in [3.8, 4) is 0 Å². The number of rotatable bonds is 6. The normalized spacial score (nSPS) is 23.0. The molecular formula is C27H37F2N5O3. The van der Waals surface area contributed by atoms with Crippen LogP contribution in [0.25, 0.3) is 0 Å². The quantitative estimate of drug-likeness (QED) is 0.469. The van der Waals surface area contributed by atoms with Crippen LogP contribution < -0.4 is 15.5 Å². The number of H-pyrrole nitrogens is 1. The molecule has 1 saturated heterocycles. The molecule has 2 amide bonds. The van der Waals surface area contributed by atoms with Crippen molar-refractivity contribution in [2.75, 3.05) is 11.4 Å². The maximum absolute atomic E-state index is 13.9. The van der Waals surface area contributed by atoms with Crippen molar-refractivity contribution in [3.63, 3.8) is 0 Å². The molecule has 0 radical (unpaired) electrons. The van der Waals surface area contributed by atoms with E-state index in [4.69, 9.17) is 0 Å². The summed E-state index contributed by atoms with van der Waals surface area (Å²) in [7, 11) is 0.